The fourth-order valence-electron chi connectivity index (χ4n) is 2.66. The van der Waals surface area contributed by atoms with Crippen LogP contribution in [0.3, 0.4) is 0 Å². The summed E-state index contributed by atoms with van der Waals surface area (Å²) in [6.07, 6.45) is -0.878. The molecule has 2 aromatic carbocycles. The summed E-state index contributed by atoms with van der Waals surface area (Å²) in [7, 11) is 0. The van der Waals surface area contributed by atoms with Crippen molar-refractivity contribution in [2.45, 2.75) is 33.9 Å². The highest BCUT2D eigenvalue weighted by Crippen LogP contribution is 2.36. The minimum Gasteiger partial charge on any atom is -0.252 e. The third-order valence-corrected chi connectivity index (χ3v) is 5.09. The monoisotopic (exact) mass is 449 g/mol. The summed E-state index contributed by atoms with van der Waals surface area (Å²) in [6.45, 7) is 7.43. The number of halogens is 4. The SMILES string of the molecule is CC(=N/C(=C(/C)S)c1ccccc1)/C(C)=C/C=C(\C)c1ccc(Cl)c(C(F)(F)F)c1. The van der Waals surface area contributed by atoms with Crippen LogP contribution in [-0.2, 0) is 6.18 Å². The summed E-state index contributed by atoms with van der Waals surface area (Å²) in [5.41, 5.74) is 3.73. The Morgan fingerprint density at radius 2 is 1.57 bits per heavy atom. The molecule has 30 heavy (non-hydrogen) atoms. The van der Waals surface area contributed by atoms with Crippen molar-refractivity contribution in [3.05, 3.63) is 92.9 Å². The second-order valence-electron chi connectivity index (χ2n) is 6.89. The van der Waals surface area contributed by atoms with E-state index in [-0.39, 0.29) is 5.02 Å². The van der Waals surface area contributed by atoms with Crippen molar-refractivity contribution in [2.75, 3.05) is 0 Å². The van der Waals surface area contributed by atoms with Gasteiger partial charge in [-0.25, -0.2) is 0 Å². The number of alkyl halides is 3. The van der Waals surface area contributed by atoms with Crippen molar-refractivity contribution in [3.8, 4) is 0 Å². The van der Waals surface area contributed by atoms with Crippen LogP contribution in [0.25, 0.3) is 11.3 Å². The largest absolute Gasteiger partial charge is 0.417 e. The fraction of sp³-hybridized carbons (Fsp3) is 0.208. The van der Waals surface area contributed by atoms with E-state index in [1.807, 2.05) is 57.2 Å². The van der Waals surface area contributed by atoms with E-state index in [2.05, 4.69) is 12.6 Å². The lowest BCUT2D eigenvalue weighted by atomic mass is 10.0. The van der Waals surface area contributed by atoms with Gasteiger partial charge in [-0.1, -0.05) is 60.2 Å². The third kappa shape index (κ3) is 6.38. The highest BCUT2D eigenvalue weighted by molar-refractivity contribution is 7.84. The number of rotatable bonds is 5. The van der Waals surface area contributed by atoms with Crippen molar-refractivity contribution in [2.24, 2.45) is 4.99 Å². The van der Waals surface area contributed by atoms with E-state index >= 15 is 0 Å². The molecule has 0 aliphatic rings. The lowest BCUT2D eigenvalue weighted by Gasteiger charge is -2.11. The summed E-state index contributed by atoms with van der Waals surface area (Å²) in [4.78, 5) is 5.50. The van der Waals surface area contributed by atoms with E-state index < -0.39 is 11.7 Å². The lowest BCUT2D eigenvalue weighted by molar-refractivity contribution is -0.137. The first-order chi connectivity index (χ1) is 14.0. The maximum absolute atomic E-state index is 13.1. The number of thiol groups is 1. The van der Waals surface area contributed by atoms with Crippen LogP contribution in [0.2, 0.25) is 5.02 Å². The maximum atomic E-state index is 13.1. The van der Waals surface area contributed by atoms with Gasteiger partial charge in [0, 0.05) is 16.2 Å². The zero-order valence-corrected chi connectivity index (χ0v) is 18.8. The Morgan fingerprint density at radius 3 is 2.13 bits per heavy atom. The Bertz CT molecular complexity index is 1030. The molecule has 0 saturated heterocycles. The number of hydrogen-bond acceptors (Lipinski definition) is 2. The smallest absolute Gasteiger partial charge is 0.252 e. The van der Waals surface area contributed by atoms with Gasteiger partial charge >= 0.3 is 6.18 Å². The molecule has 0 unspecified atom stereocenters. The first kappa shape index (κ1) is 24.0. The molecule has 0 amide bonds. The first-order valence-electron chi connectivity index (χ1n) is 9.24. The second-order valence-corrected chi connectivity index (χ2v) is 7.97. The average molecular weight is 450 g/mol. The highest BCUT2D eigenvalue weighted by Gasteiger charge is 2.33. The Labute approximate surface area is 186 Å². The molecule has 1 nitrogen and oxygen atoms in total. The molecule has 0 bridgehead atoms. The minimum absolute atomic E-state index is 0.309. The normalized spacial score (nSPS) is 14.6. The van der Waals surface area contributed by atoms with Gasteiger partial charge in [0.15, 0.2) is 0 Å². The molecule has 0 N–H and O–H groups in total. The van der Waals surface area contributed by atoms with Crippen LogP contribution in [0.15, 0.2) is 76.2 Å². The van der Waals surface area contributed by atoms with Gasteiger partial charge in [-0.15, -0.1) is 12.6 Å². The van der Waals surface area contributed by atoms with Gasteiger partial charge in [-0.05, 0) is 56.5 Å². The molecule has 0 aromatic heterocycles. The summed E-state index contributed by atoms with van der Waals surface area (Å²) in [5.74, 6) is 0. The Kier molecular flexibility index (Phi) is 8.16. The number of allylic oxidation sites excluding steroid dienone is 5. The van der Waals surface area contributed by atoms with Crippen molar-refractivity contribution in [1.82, 2.24) is 0 Å². The van der Waals surface area contributed by atoms with Gasteiger partial charge in [0.05, 0.1) is 16.3 Å². The predicted octanol–water partition coefficient (Wildman–Crippen LogP) is 8.49. The molecule has 2 rings (SSSR count). The van der Waals surface area contributed by atoms with Crippen LogP contribution in [-0.4, -0.2) is 5.71 Å². The molecule has 158 valence electrons. The van der Waals surface area contributed by atoms with Gasteiger partial charge in [0.2, 0.25) is 0 Å². The van der Waals surface area contributed by atoms with Crippen molar-refractivity contribution in [3.63, 3.8) is 0 Å². The summed E-state index contributed by atoms with van der Waals surface area (Å²) < 4.78 is 39.3. The number of hydrogen-bond donors (Lipinski definition) is 1. The van der Waals surface area contributed by atoms with Crippen LogP contribution >= 0.6 is 24.2 Å². The Morgan fingerprint density at radius 1 is 0.933 bits per heavy atom. The van der Waals surface area contributed by atoms with Crippen LogP contribution in [0.5, 0.6) is 0 Å². The number of aliphatic imine (C=N–C) groups is 1. The van der Waals surface area contributed by atoms with Gasteiger partial charge in [-0.3, -0.25) is 4.99 Å². The predicted molar refractivity (Wildman–Crippen MR) is 125 cm³/mol. The standard InChI is InChI=1S/C24H23ClF3NS/c1-15(17(3)29-23(18(4)30)19-8-6-5-7-9-19)10-11-16(2)20-12-13-22(25)21(14-20)24(26,27)28/h5-14,30H,1-4H3/b15-10+,16-11+,23-18-,29-17-. The van der Waals surface area contributed by atoms with E-state index in [4.69, 9.17) is 16.6 Å². The van der Waals surface area contributed by atoms with Gasteiger partial charge in [0.1, 0.15) is 0 Å². The first-order valence-corrected chi connectivity index (χ1v) is 10.1. The Balaban J connectivity index is 2.33. The van der Waals surface area contributed by atoms with Crippen LogP contribution in [0, 0.1) is 0 Å². The average Bonchev–Trinajstić information content (AvgIpc) is 2.69. The zero-order valence-electron chi connectivity index (χ0n) is 17.2. The maximum Gasteiger partial charge on any atom is 0.417 e. The molecule has 0 heterocycles. The van der Waals surface area contributed by atoms with E-state index in [0.717, 1.165) is 33.5 Å². The molecule has 0 saturated carbocycles. The molecule has 0 atom stereocenters. The van der Waals surface area contributed by atoms with Gasteiger partial charge < -0.3 is 0 Å². The van der Waals surface area contributed by atoms with E-state index in [1.165, 1.54) is 6.07 Å². The summed E-state index contributed by atoms with van der Waals surface area (Å²) >= 11 is 10.2. The van der Waals surface area contributed by atoms with E-state index in [1.54, 1.807) is 19.1 Å². The van der Waals surface area contributed by atoms with Crippen LogP contribution in [0.4, 0.5) is 13.2 Å². The van der Waals surface area contributed by atoms with Crippen LogP contribution < -0.4 is 0 Å². The molecule has 0 spiro atoms. The van der Waals surface area contributed by atoms with Gasteiger partial charge in [0.25, 0.3) is 0 Å². The summed E-state index contributed by atoms with van der Waals surface area (Å²) in [5, 5.41) is -0.309. The molecule has 0 radical (unpaired) electrons. The number of nitrogens with zero attached hydrogens (tertiary/aromatic N) is 1. The third-order valence-electron chi connectivity index (χ3n) is 4.55. The van der Waals surface area contributed by atoms with Crippen molar-refractivity contribution in [1.29, 1.82) is 0 Å². The van der Waals surface area contributed by atoms with Crippen molar-refractivity contribution >= 4 is 41.2 Å². The zero-order chi connectivity index (χ0) is 22.5. The molecule has 0 aliphatic carbocycles. The second kappa shape index (κ2) is 10.2. The Hall–Kier alpha value is -2.24. The quantitative estimate of drug-likeness (QED) is 0.267. The minimum atomic E-state index is -4.49. The molecular formula is C24H23ClF3NS. The number of benzene rings is 2. The van der Waals surface area contributed by atoms with Crippen LogP contribution in [0.1, 0.15) is 44.4 Å². The molecule has 0 fully saturated rings. The highest BCUT2D eigenvalue weighted by atomic mass is 35.5. The topological polar surface area (TPSA) is 12.4 Å². The summed E-state index contributed by atoms with van der Waals surface area (Å²) in [6, 6.07) is 13.7. The van der Waals surface area contributed by atoms with Gasteiger partial charge in [-0.2, -0.15) is 13.2 Å². The lowest BCUT2D eigenvalue weighted by Crippen LogP contribution is -2.06. The van der Waals surface area contributed by atoms with E-state index in [9.17, 15) is 13.2 Å². The molecule has 6 heteroatoms. The molecular weight excluding hydrogens is 427 g/mol. The molecule has 2 aromatic rings. The van der Waals surface area contributed by atoms with E-state index in [0.29, 0.717) is 11.1 Å². The van der Waals surface area contributed by atoms with Crippen molar-refractivity contribution < 1.29 is 13.2 Å². The molecule has 0 aliphatic heterocycles. The fourth-order valence-corrected chi connectivity index (χ4v) is 3.06.